The van der Waals surface area contributed by atoms with Crippen LogP contribution in [0.25, 0.3) is 10.2 Å². The van der Waals surface area contributed by atoms with Gasteiger partial charge in [-0.1, -0.05) is 0 Å². The monoisotopic (exact) mass is 285 g/mol. The summed E-state index contributed by atoms with van der Waals surface area (Å²) in [6.45, 7) is 6.38. The van der Waals surface area contributed by atoms with Gasteiger partial charge in [0.1, 0.15) is 10.6 Å². The van der Waals surface area contributed by atoms with Gasteiger partial charge in [0.15, 0.2) is 0 Å². The number of rotatable bonds is 6. The second kappa shape index (κ2) is 6.31. The van der Waals surface area contributed by atoms with Gasteiger partial charge in [0, 0.05) is 24.6 Å². The molecule has 4 nitrogen and oxygen atoms in total. The zero-order chi connectivity index (χ0) is 13.0. The van der Waals surface area contributed by atoms with E-state index in [4.69, 9.17) is 16.3 Å². The lowest BCUT2D eigenvalue weighted by Crippen LogP contribution is -2.07. The van der Waals surface area contributed by atoms with E-state index in [0.717, 1.165) is 42.2 Å². The number of fused-ring (bicyclic) bond motifs is 1. The van der Waals surface area contributed by atoms with Crippen molar-refractivity contribution in [1.82, 2.24) is 9.97 Å². The van der Waals surface area contributed by atoms with Gasteiger partial charge in [-0.15, -0.1) is 11.3 Å². The summed E-state index contributed by atoms with van der Waals surface area (Å²) in [6, 6.07) is 2.08. The van der Waals surface area contributed by atoms with Gasteiger partial charge >= 0.3 is 0 Å². The lowest BCUT2D eigenvalue weighted by atomic mass is 10.3. The quantitative estimate of drug-likeness (QED) is 0.652. The van der Waals surface area contributed by atoms with Gasteiger partial charge in [-0.3, -0.25) is 0 Å². The van der Waals surface area contributed by atoms with Crippen LogP contribution in [0.3, 0.4) is 0 Å². The summed E-state index contributed by atoms with van der Waals surface area (Å²) in [6.07, 6.45) is 0.945. The number of hydrogen-bond acceptors (Lipinski definition) is 5. The van der Waals surface area contributed by atoms with Crippen molar-refractivity contribution in [2.45, 2.75) is 20.3 Å². The van der Waals surface area contributed by atoms with Crippen LogP contribution < -0.4 is 5.32 Å². The first kappa shape index (κ1) is 13.5. The Morgan fingerprint density at radius 3 is 3.06 bits per heavy atom. The summed E-state index contributed by atoms with van der Waals surface area (Å²) < 4.78 is 5.29. The summed E-state index contributed by atoms with van der Waals surface area (Å²) in [4.78, 5) is 10.6. The van der Waals surface area contributed by atoms with Gasteiger partial charge in [0.25, 0.3) is 0 Å². The van der Waals surface area contributed by atoms with E-state index in [1.807, 2.05) is 6.92 Å². The maximum Gasteiger partial charge on any atom is 0.225 e. The van der Waals surface area contributed by atoms with Crippen LogP contribution in [0.4, 0.5) is 5.82 Å². The van der Waals surface area contributed by atoms with Gasteiger partial charge in [0.2, 0.25) is 5.28 Å². The van der Waals surface area contributed by atoms with E-state index < -0.39 is 0 Å². The molecule has 2 heterocycles. The fourth-order valence-electron chi connectivity index (χ4n) is 1.68. The Kier molecular flexibility index (Phi) is 4.74. The van der Waals surface area contributed by atoms with Gasteiger partial charge in [0.05, 0.1) is 5.39 Å². The molecule has 0 spiro atoms. The molecule has 0 aliphatic heterocycles. The topological polar surface area (TPSA) is 47.0 Å². The van der Waals surface area contributed by atoms with Crippen molar-refractivity contribution in [2.75, 3.05) is 25.1 Å². The van der Waals surface area contributed by atoms with E-state index in [-0.39, 0.29) is 5.28 Å². The molecule has 6 heteroatoms. The molecule has 0 aromatic carbocycles. The SMILES string of the molecule is CCOCCCNc1nc(Cl)nc2sc(C)cc12. The average molecular weight is 286 g/mol. The predicted octanol–water partition coefficient (Wildman–Crippen LogP) is 3.49. The third-order valence-corrected chi connectivity index (χ3v) is 3.56. The summed E-state index contributed by atoms with van der Waals surface area (Å²) in [5, 5.41) is 4.62. The van der Waals surface area contributed by atoms with Crippen LogP contribution in [-0.4, -0.2) is 29.7 Å². The molecule has 2 aromatic rings. The molecule has 0 saturated carbocycles. The van der Waals surface area contributed by atoms with Crippen LogP contribution in [-0.2, 0) is 4.74 Å². The van der Waals surface area contributed by atoms with Gasteiger partial charge in [-0.25, -0.2) is 9.97 Å². The number of hydrogen-bond donors (Lipinski definition) is 1. The lowest BCUT2D eigenvalue weighted by molar-refractivity contribution is 0.147. The van der Waals surface area contributed by atoms with E-state index in [1.54, 1.807) is 11.3 Å². The second-order valence-corrected chi connectivity index (χ2v) is 5.47. The molecule has 2 aromatic heterocycles. The number of nitrogens with zero attached hydrogens (tertiary/aromatic N) is 2. The van der Waals surface area contributed by atoms with Gasteiger partial charge in [-0.05, 0) is 37.9 Å². The lowest BCUT2D eigenvalue weighted by Gasteiger charge is -2.06. The highest BCUT2D eigenvalue weighted by atomic mass is 35.5. The molecule has 18 heavy (non-hydrogen) atoms. The van der Waals surface area contributed by atoms with Crippen molar-refractivity contribution in [3.63, 3.8) is 0 Å². The second-order valence-electron chi connectivity index (χ2n) is 3.89. The molecule has 0 unspecified atom stereocenters. The Morgan fingerprint density at radius 2 is 2.28 bits per heavy atom. The highest BCUT2D eigenvalue weighted by molar-refractivity contribution is 7.18. The number of thiophene rings is 1. The van der Waals surface area contributed by atoms with Crippen molar-refractivity contribution < 1.29 is 4.74 Å². The Bertz CT molecular complexity index is 529. The summed E-state index contributed by atoms with van der Waals surface area (Å²) in [7, 11) is 0. The molecule has 98 valence electrons. The molecule has 0 aliphatic carbocycles. The Hall–Kier alpha value is -0.910. The number of halogens is 1. The third-order valence-electron chi connectivity index (χ3n) is 2.45. The standard InChI is InChI=1S/C12H16ClN3OS/c1-3-17-6-4-5-14-10-9-7-8(2)18-11(9)16-12(13)15-10/h7H,3-6H2,1-2H3,(H,14,15,16). The van der Waals surface area contributed by atoms with Gasteiger partial charge in [-0.2, -0.15) is 0 Å². The first-order valence-electron chi connectivity index (χ1n) is 5.96. The maximum atomic E-state index is 5.92. The average Bonchev–Trinajstić information content (AvgIpc) is 2.69. The molecule has 0 amide bonds. The van der Waals surface area contributed by atoms with Crippen molar-refractivity contribution in [1.29, 1.82) is 0 Å². The molecular formula is C12H16ClN3OS. The van der Waals surface area contributed by atoms with Crippen LogP contribution >= 0.6 is 22.9 Å². The fraction of sp³-hybridized carbons (Fsp3) is 0.500. The summed E-state index contributed by atoms with van der Waals surface area (Å²) >= 11 is 7.54. The largest absolute Gasteiger partial charge is 0.382 e. The first-order valence-corrected chi connectivity index (χ1v) is 7.15. The fourth-order valence-corrected chi connectivity index (χ4v) is 2.77. The van der Waals surface area contributed by atoms with E-state index >= 15 is 0 Å². The third kappa shape index (κ3) is 3.31. The van der Waals surface area contributed by atoms with Crippen LogP contribution in [0, 0.1) is 6.92 Å². The Balaban J connectivity index is 2.07. The Labute approximate surface area is 115 Å². The normalized spacial score (nSPS) is 11.1. The molecule has 0 bridgehead atoms. The zero-order valence-corrected chi connectivity index (χ0v) is 12.1. The van der Waals surface area contributed by atoms with E-state index in [9.17, 15) is 0 Å². The molecular weight excluding hydrogens is 270 g/mol. The predicted molar refractivity (Wildman–Crippen MR) is 76.8 cm³/mol. The minimum atomic E-state index is 0.289. The van der Waals surface area contributed by atoms with Crippen LogP contribution in [0.2, 0.25) is 5.28 Å². The van der Waals surface area contributed by atoms with Gasteiger partial charge < -0.3 is 10.1 Å². The smallest absolute Gasteiger partial charge is 0.225 e. The van der Waals surface area contributed by atoms with E-state index in [1.165, 1.54) is 4.88 Å². The van der Waals surface area contributed by atoms with Crippen LogP contribution in [0.1, 0.15) is 18.2 Å². The molecule has 0 fully saturated rings. The van der Waals surface area contributed by atoms with E-state index in [2.05, 4.69) is 28.3 Å². The molecule has 0 saturated heterocycles. The summed E-state index contributed by atoms with van der Waals surface area (Å²) in [5.41, 5.74) is 0. The van der Waals surface area contributed by atoms with Crippen molar-refractivity contribution >= 4 is 39.0 Å². The molecule has 0 aliphatic rings. The van der Waals surface area contributed by atoms with Crippen LogP contribution in [0.15, 0.2) is 6.07 Å². The van der Waals surface area contributed by atoms with Crippen molar-refractivity contribution in [2.24, 2.45) is 0 Å². The van der Waals surface area contributed by atoms with Crippen LogP contribution in [0.5, 0.6) is 0 Å². The summed E-state index contributed by atoms with van der Waals surface area (Å²) in [5.74, 6) is 0.811. The number of nitrogens with one attached hydrogen (secondary N) is 1. The molecule has 1 N–H and O–H groups in total. The first-order chi connectivity index (χ1) is 8.70. The van der Waals surface area contributed by atoms with Crippen molar-refractivity contribution in [3.05, 3.63) is 16.2 Å². The molecule has 0 radical (unpaired) electrons. The Morgan fingerprint density at radius 1 is 1.44 bits per heavy atom. The number of aromatic nitrogens is 2. The highest BCUT2D eigenvalue weighted by Crippen LogP contribution is 2.29. The number of ether oxygens (including phenoxy) is 1. The molecule has 0 atom stereocenters. The number of anilines is 1. The maximum absolute atomic E-state index is 5.92. The molecule has 2 rings (SSSR count). The van der Waals surface area contributed by atoms with E-state index in [0.29, 0.717) is 0 Å². The van der Waals surface area contributed by atoms with Crippen molar-refractivity contribution in [3.8, 4) is 0 Å². The zero-order valence-electron chi connectivity index (χ0n) is 10.5. The number of aryl methyl sites for hydroxylation is 1. The minimum Gasteiger partial charge on any atom is -0.382 e. The minimum absolute atomic E-state index is 0.289. The highest BCUT2D eigenvalue weighted by Gasteiger charge is 2.08.